The summed E-state index contributed by atoms with van der Waals surface area (Å²) in [6.45, 7) is 2.33. The van der Waals surface area contributed by atoms with Crippen LogP contribution >= 0.6 is 0 Å². The zero-order chi connectivity index (χ0) is 14.8. The SMILES string of the molecule is Cc1ccc(S(N)(=O)=O)cc1NCc1ccc(F)cc1. The van der Waals surface area contributed by atoms with Crippen molar-refractivity contribution < 1.29 is 12.8 Å². The molecule has 0 bridgehead atoms. The van der Waals surface area contributed by atoms with Crippen molar-refractivity contribution in [3.63, 3.8) is 0 Å². The maximum Gasteiger partial charge on any atom is 0.238 e. The van der Waals surface area contributed by atoms with E-state index in [1.165, 1.54) is 24.3 Å². The van der Waals surface area contributed by atoms with E-state index in [9.17, 15) is 12.8 Å². The summed E-state index contributed by atoms with van der Waals surface area (Å²) in [5.41, 5.74) is 2.48. The van der Waals surface area contributed by atoms with Gasteiger partial charge in [-0.05, 0) is 42.3 Å². The average Bonchev–Trinajstić information content (AvgIpc) is 2.38. The van der Waals surface area contributed by atoms with Crippen molar-refractivity contribution in [3.8, 4) is 0 Å². The number of rotatable bonds is 4. The molecular formula is C14H15FN2O2S. The Labute approximate surface area is 117 Å². The summed E-state index contributed by atoms with van der Waals surface area (Å²) in [6, 6.07) is 10.7. The van der Waals surface area contributed by atoms with E-state index >= 15 is 0 Å². The first-order valence-electron chi connectivity index (χ1n) is 5.98. The van der Waals surface area contributed by atoms with Crippen LogP contribution in [0.5, 0.6) is 0 Å². The second-order valence-electron chi connectivity index (χ2n) is 4.50. The highest BCUT2D eigenvalue weighted by Gasteiger charge is 2.09. The molecule has 2 aromatic carbocycles. The van der Waals surface area contributed by atoms with Crippen LogP contribution in [0.3, 0.4) is 0 Å². The lowest BCUT2D eigenvalue weighted by Gasteiger charge is -2.11. The Morgan fingerprint density at radius 3 is 2.40 bits per heavy atom. The third-order valence-corrected chi connectivity index (χ3v) is 3.84. The van der Waals surface area contributed by atoms with Crippen LogP contribution < -0.4 is 10.5 Å². The maximum absolute atomic E-state index is 12.8. The summed E-state index contributed by atoms with van der Waals surface area (Å²) < 4.78 is 35.4. The van der Waals surface area contributed by atoms with E-state index in [-0.39, 0.29) is 10.7 Å². The predicted octanol–water partition coefficient (Wildman–Crippen LogP) is 2.39. The van der Waals surface area contributed by atoms with E-state index in [0.29, 0.717) is 12.2 Å². The smallest absolute Gasteiger partial charge is 0.238 e. The Hall–Kier alpha value is -1.92. The standard InChI is InChI=1S/C14H15FN2O2S/c1-10-2-7-13(20(16,18)19)8-14(10)17-9-11-3-5-12(15)6-4-11/h2-8,17H,9H2,1H3,(H2,16,18,19). The van der Waals surface area contributed by atoms with Crippen molar-refractivity contribution in [2.24, 2.45) is 5.14 Å². The lowest BCUT2D eigenvalue weighted by atomic mass is 10.2. The molecule has 2 aromatic rings. The van der Waals surface area contributed by atoms with Gasteiger partial charge in [0.2, 0.25) is 10.0 Å². The van der Waals surface area contributed by atoms with Crippen molar-refractivity contribution in [2.45, 2.75) is 18.4 Å². The molecular weight excluding hydrogens is 279 g/mol. The van der Waals surface area contributed by atoms with Gasteiger partial charge >= 0.3 is 0 Å². The van der Waals surface area contributed by atoms with Crippen molar-refractivity contribution in [1.82, 2.24) is 0 Å². The number of hydrogen-bond donors (Lipinski definition) is 2. The highest BCUT2D eigenvalue weighted by Crippen LogP contribution is 2.20. The molecule has 0 atom stereocenters. The number of nitrogens with one attached hydrogen (secondary N) is 1. The minimum absolute atomic E-state index is 0.0599. The Morgan fingerprint density at radius 2 is 1.80 bits per heavy atom. The monoisotopic (exact) mass is 294 g/mol. The Kier molecular flexibility index (Phi) is 4.06. The van der Waals surface area contributed by atoms with Gasteiger partial charge in [-0.2, -0.15) is 0 Å². The zero-order valence-electron chi connectivity index (χ0n) is 10.9. The normalized spacial score (nSPS) is 11.3. The molecule has 0 amide bonds. The summed E-state index contributed by atoms with van der Waals surface area (Å²) in [5, 5.41) is 8.22. The van der Waals surface area contributed by atoms with Crippen molar-refractivity contribution in [3.05, 3.63) is 59.4 Å². The third kappa shape index (κ3) is 3.55. The van der Waals surface area contributed by atoms with Gasteiger partial charge in [-0.3, -0.25) is 0 Å². The van der Waals surface area contributed by atoms with Gasteiger partial charge in [0, 0.05) is 12.2 Å². The summed E-state index contributed by atoms with van der Waals surface area (Å²) in [6.07, 6.45) is 0. The van der Waals surface area contributed by atoms with Crippen LogP contribution in [0.15, 0.2) is 47.4 Å². The largest absolute Gasteiger partial charge is 0.381 e. The van der Waals surface area contributed by atoms with Crippen LogP contribution in [-0.4, -0.2) is 8.42 Å². The quantitative estimate of drug-likeness (QED) is 0.909. The van der Waals surface area contributed by atoms with Gasteiger partial charge in [-0.15, -0.1) is 0 Å². The topological polar surface area (TPSA) is 72.2 Å². The molecule has 4 nitrogen and oxygen atoms in total. The number of nitrogens with two attached hydrogens (primary N) is 1. The molecule has 3 N–H and O–H groups in total. The number of halogens is 1. The lowest BCUT2D eigenvalue weighted by Crippen LogP contribution is -2.13. The molecule has 0 heterocycles. The molecule has 0 unspecified atom stereocenters. The number of benzene rings is 2. The summed E-state index contributed by atoms with van der Waals surface area (Å²) in [7, 11) is -3.72. The van der Waals surface area contributed by atoms with Gasteiger partial charge in [0.25, 0.3) is 0 Å². The van der Waals surface area contributed by atoms with Crippen molar-refractivity contribution >= 4 is 15.7 Å². The molecule has 0 aliphatic carbocycles. The van der Waals surface area contributed by atoms with Gasteiger partial charge in [0.15, 0.2) is 0 Å². The van der Waals surface area contributed by atoms with E-state index in [4.69, 9.17) is 5.14 Å². The second-order valence-corrected chi connectivity index (χ2v) is 6.06. The van der Waals surface area contributed by atoms with Crippen molar-refractivity contribution in [1.29, 1.82) is 0 Å². The molecule has 0 fully saturated rings. The summed E-state index contributed by atoms with van der Waals surface area (Å²) >= 11 is 0. The Balaban J connectivity index is 2.19. The molecule has 0 saturated heterocycles. The maximum atomic E-state index is 12.8. The fourth-order valence-electron chi connectivity index (χ4n) is 1.77. The van der Waals surface area contributed by atoms with Crippen LogP contribution in [0.4, 0.5) is 10.1 Å². The van der Waals surface area contributed by atoms with E-state index in [1.807, 2.05) is 6.92 Å². The molecule has 2 rings (SSSR count). The predicted molar refractivity (Wildman–Crippen MR) is 76.3 cm³/mol. The van der Waals surface area contributed by atoms with Gasteiger partial charge in [-0.25, -0.2) is 17.9 Å². The van der Waals surface area contributed by atoms with Crippen LogP contribution in [0.2, 0.25) is 0 Å². The minimum Gasteiger partial charge on any atom is -0.381 e. The van der Waals surface area contributed by atoms with Gasteiger partial charge in [0.05, 0.1) is 4.90 Å². The van der Waals surface area contributed by atoms with Crippen LogP contribution in [0.1, 0.15) is 11.1 Å². The number of anilines is 1. The van der Waals surface area contributed by atoms with Gasteiger partial charge < -0.3 is 5.32 Å². The first kappa shape index (κ1) is 14.5. The Bertz CT molecular complexity index is 712. The zero-order valence-corrected chi connectivity index (χ0v) is 11.7. The van der Waals surface area contributed by atoms with Gasteiger partial charge in [0.1, 0.15) is 5.82 Å². The fourth-order valence-corrected chi connectivity index (χ4v) is 2.31. The first-order valence-corrected chi connectivity index (χ1v) is 7.52. The average molecular weight is 294 g/mol. The fraction of sp³-hybridized carbons (Fsp3) is 0.143. The third-order valence-electron chi connectivity index (χ3n) is 2.93. The number of aryl methyl sites for hydroxylation is 1. The number of hydrogen-bond acceptors (Lipinski definition) is 3. The molecule has 0 radical (unpaired) electrons. The van der Waals surface area contributed by atoms with Crippen LogP contribution in [0, 0.1) is 12.7 Å². The number of sulfonamides is 1. The van der Waals surface area contributed by atoms with E-state index < -0.39 is 10.0 Å². The highest BCUT2D eigenvalue weighted by molar-refractivity contribution is 7.89. The van der Waals surface area contributed by atoms with Crippen molar-refractivity contribution in [2.75, 3.05) is 5.32 Å². The lowest BCUT2D eigenvalue weighted by molar-refractivity contribution is 0.598. The second kappa shape index (κ2) is 5.60. The molecule has 0 aliphatic rings. The summed E-state index contributed by atoms with van der Waals surface area (Å²) in [5.74, 6) is -0.291. The summed E-state index contributed by atoms with van der Waals surface area (Å²) in [4.78, 5) is 0.0599. The first-order chi connectivity index (χ1) is 9.36. The molecule has 20 heavy (non-hydrogen) atoms. The van der Waals surface area contributed by atoms with Crippen LogP contribution in [0.25, 0.3) is 0 Å². The molecule has 0 saturated carbocycles. The molecule has 0 aromatic heterocycles. The Morgan fingerprint density at radius 1 is 1.15 bits per heavy atom. The molecule has 0 aliphatic heterocycles. The number of primary sulfonamides is 1. The van der Waals surface area contributed by atoms with E-state index in [1.54, 1.807) is 18.2 Å². The molecule has 106 valence electrons. The van der Waals surface area contributed by atoms with Crippen LogP contribution in [-0.2, 0) is 16.6 Å². The minimum atomic E-state index is -3.72. The molecule has 0 spiro atoms. The molecule has 6 heteroatoms. The highest BCUT2D eigenvalue weighted by atomic mass is 32.2. The van der Waals surface area contributed by atoms with Gasteiger partial charge in [-0.1, -0.05) is 18.2 Å². The van der Waals surface area contributed by atoms with E-state index in [0.717, 1.165) is 11.1 Å². The van der Waals surface area contributed by atoms with E-state index in [2.05, 4.69) is 5.32 Å².